The second kappa shape index (κ2) is 5.88. The van der Waals surface area contributed by atoms with Crippen LogP contribution in [-0.4, -0.2) is 33.0 Å². The van der Waals surface area contributed by atoms with E-state index < -0.39 is 5.91 Å². The maximum atomic E-state index is 12.4. The van der Waals surface area contributed by atoms with Crippen molar-refractivity contribution in [3.8, 4) is 0 Å². The summed E-state index contributed by atoms with van der Waals surface area (Å²) in [6, 6.07) is 3.62. The number of aliphatic hydroxyl groups is 1. The summed E-state index contributed by atoms with van der Waals surface area (Å²) in [6.07, 6.45) is 5.22. The van der Waals surface area contributed by atoms with Crippen molar-refractivity contribution in [3.05, 3.63) is 46.0 Å². The predicted molar refractivity (Wildman–Crippen MR) is 81.9 cm³/mol. The lowest BCUT2D eigenvalue weighted by Gasteiger charge is -2.15. The van der Waals surface area contributed by atoms with Crippen LogP contribution >= 0.6 is 0 Å². The Hall–Kier alpha value is -2.21. The first-order valence-electron chi connectivity index (χ1n) is 7.51. The number of amides is 1. The van der Waals surface area contributed by atoms with Gasteiger partial charge in [-0.2, -0.15) is 0 Å². The zero-order valence-electron chi connectivity index (χ0n) is 12.5. The third kappa shape index (κ3) is 2.62. The second-order valence-corrected chi connectivity index (χ2v) is 5.83. The van der Waals surface area contributed by atoms with Crippen LogP contribution in [0.3, 0.4) is 0 Å². The maximum absolute atomic E-state index is 12.4. The van der Waals surface area contributed by atoms with Crippen molar-refractivity contribution in [2.45, 2.75) is 32.3 Å². The van der Waals surface area contributed by atoms with Gasteiger partial charge in [0.05, 0.1) is 6.10 Å². The number of pyridine rings is 1. The first-order valence-corrected chi connectivity index (χ1v) is 7.51. The highest BCUT2D eigenvalue weighted by Crippen LogP contribution is 2.24. The van der Waals surface area contributed by atoms with E-state index in [-0.39, 0.29) is 23.1 Å². The fourth-order valence-corrected chi connectivity index (χ4v) is 2.98. The number of hydrogen-bond donors (Lipinski definition) is 2. The fourth-order valence-electron chi connectivity index (χ4n) is 2.98. The molecule has 1 aliphatic rings. The number of nitrogens with one attached hydrogen (secondary N) is 1. The normalized spacial score (nSPS) is 21.2. The zero-order valence-corrected chi connectivity index (χ0v) is 12.5. The Morgan fingerprint density at radius 1 is 1.50 bits per heavy atom. The molecule has 1 amide bonds. The first kappa shape index (κ1) is 14.7. The Balaban J connectivity index is 1.82. The number of aliphatic hydroxyl groups excluding tert-OH is 1. The summed E-state index contributed by atoms with van der Waals surface area (Å²) in [5.74, 6) is -0.366. The minimum absolute atomic E-state index is 0.0237. The molecule has 1 saturated carbocycles. The second-order valence-electron chi connectivity index (χ2n) is 5.83. The van der Waals surface area contributed by atoms with Crippen LogP contribution in [0.1, 0.15) is 35.2 Å². The number of hydrogen-bond acceptors (Lipinski definition) is 4. The molecule has 2 aromatic heterocycles. The Morgan fingerprint density at radius 2 is 2.32 bits per heavy atom. The molecule has 0 spiro atoms. The summed E-state index contributed by atoms with van der Waals surface area (Å²) >= 11 is 0. The van der Waals surface area contributed by atoms with E-state index in [0.29, 0.717) is 12.2 Å². The van der Waals surface area contributed by atoms with Crippen LogP contribution in [0.2, 0.25) is 0 Å². The minimum Gasteiger partial charge on any atom is -0.393 e. The maximum Gasteiger partial charge on any atom is 0.270 e. The van der Waals surface area contributed by atoms with Gasteiger partial charge < -0.3 is 10.4 Å². The Labute approximate surface area is 127 Å². The molecule has 1 fully saturated rings. The number of carbonyl (C=O) groups is 1. The molecule has 3 rings (SSSR count). The van der Waals surface area contributed by atoms with Gasteiger partial charge in [0, 0.05) is 24.9 Å². The summed E-state index contributed by atoms with van der Waals surface area (Å²) in [4.78, 5) is 28.8. The first-order chi connectivity index (χ1) is 10.6. The number of carbonyl (C=O) groups excluding carboxylic acids is 1. The van der Waals surface area contributed by atoms with Crippen LogP contribution in [0, 0.1) is 12.8 Å². The van der Waals surface area contributed by atoms with Crippen molar-refractivity contribution in [3.63, 3.8) is 0 Å². The SMILES string of the molecule is Cc1cccn2c(=O)c(C(=O)NCC3CCCC3O)cnc12. The summed E-state index contributed by atoms with van der Waals surface area (Å²) in [5, 5.41) is 12.5. The fraction of sp³-hybridized carbons (Fsp3) is 0.438. The van der Waals surface area contributed by atoms with Gasteiger partial charge in [-0.25, -0.2) is 4.98 Å². The zero-order chi connectivity index (χ0) is 15.7. The standard InChI is InChI=1S/C16H19N3O3/c1-10-4-3-7-19-14(10)17-9-12(16(19)22)15(21)18-8-11-5-2-6-13(11)20/h3-4,7,9,11,13,20H,2,5-6,8H2,1H3,(H,18,21). The van der Waals surface area contributed by atoms with E-state index in [1.807, 2.05) is 13.0 Å². The Morgan fingerprint density at radius 3 is 3.05 bits per heavy atom. The molecular weight excluding hydrogens is 282 g/mol. The molecule has 6 nitrogen and oxygen atoms in total. The lowest BCUT2D eigenvalue weighted by atomic mass is 10.1. The minimum atomic E-state index is -0.437. The van der Waals surface area contributed by atoms with Crippen molar-refractivity contribution in [1.82, 2.24) is 14.7 Å². The van der Waals surface area contributed by atoms with Gasteiger partial charge in [0.1, 0.15) is 11.2 Å². The van der Waals surface area contributed by atoms with Gasteiger partial charge in [-0.15, -0.1) is 0 Å². The molecule has 0 aromatic carbocycles. The van der Waals surface area contributed by atoms with E-state index in [2.05, 4.69) is 10.3 Å². The molecule has 2 aromatic rings. The van der Waals surface area contributed by atoms with Gasteiger partial charge in [-0.1, -0.05) is 12.5 Å². The highest BCUT2D eigenvalue weighted by Gasteiger charge is 2.26. The van der Waals surface area contributed by atoms with E-state index in [1.165, 1.54) is 10.6 Å². The van der Waals surface area contributed by atoms with E-state index >= 15 is 0 Å². The van der Waals surface area contributed by atoms with Gasteiger partial charge in [0.25, 0.3) is 11.5 Å². The molecule has 0 saturated heterocycles. The smallest absolute Gasteiger partial charge is 0.270 e. The van der Waals surface area contributed by atoms with Crippen molar-refractivity contribution in [2.24, 2.45) is 5.92 Å². The monoisotopic (exact) mass is 301 g/mol. The summed E-state index contributed by atoms with van der Waals surface area (Å²) < 4.78 is 1.38. The lowest BCUT2D eigenvalue weighted by Crippen LogP contribution is -2.36. The average molecular weight is 301 g/mol. The van der Waals surface area contributed by atoms with Gasteiger partial charge in [0.15, 0.2) is 0 Å². The van der Waals surface area contributed by atoms with Gasteiger partial charge in [0.2, 0.25) is 0 Å². The number of aryl methyl sites for hydroxylation is 1. The molecule has 0 bridgehead atoms. The number of aromatic nitrogens is 2. The lowest BCUT2D eigenvalue weighted by molar-refractivity contribution is 0.0915. The van der Waals surface area contributed by atoms with Crippen LogP contribution in [0.5, 0.6) is 0 Å². The topological polar surface area (TPSA) is 83.7 Å². The average Bonchev–Trinajstić information content (AvgIpc) is 2.91. The molecule has 22 heavy (non-hydrogen) atoms. The van der Waals surface area contributed by atoms with Crippen molar-refractivity contribution in [2.75, 3.05) is 6.54 Å². The highest BCUT2D eigenvalue weighted by molar-refractivity contribution is 5.93. The molecule has 2 N–H and O–H groups in total. The van der Waals surface area contributed by atoms with Crippen LogP contribution in [0.15, 0.2) is 29.3 Å². The summed E-state index contributed by atoms with van der Waals surface area (Å²) in [7, 11) is 0. The van der Waals surface area contributed by atoms with Crippen LogP contribution < -0.4 is 10.9 Å². The molecular formula is C16H19N3O3. The molecule has 1 aliphatic carbocycles. The molecule has 2 heterocycles. The largest absolute Gasteiger partial charge is 0.393 e. The van der Waals surface area contributed by atoms with E-state index in [0.717, 1.165) is 24.8 Å². The van der Waals surface area contributed by atoms with Gasteiger partial charge in [-0.05, 0) is 31.4 Å². The van der Waals surface area contributed by atoms with E-state index in [9.17, 15) is 14.7 Å². The Bertz CT molecular complexity index is 769. The molecule has 2 atom stereocenters. The Kier molecular flexibility index (Phi) is 3.94. The third-order valence-corrected chi connectivity index (χ3v) is 4.32. The number of rotatable bonds is 3. The molecule has 0 aliphatic heterocycles. The number of nitrogens with zero attached hydrogens (tertiary/aromatic N) is 2. The van der Waals surface area contributed by atoms with Crippen molar-refractivity contribution in [1.29, 1.82) is 0 Å². The van der Waals surface area contributed by atoms with E-state index in [4.69, 9.17) is 0 Å². The summed E-state index contributed by atoms with van der Waals surface area (Å²) in [6.45, 7) is 2.25. The van der Waals surface area contributed by atoms with Crippen molar-refractivity contribution < 1.29 is 9.90 Å². The van der Waals surface area contributed by atoms with E-state index in [1.54, 1.807) is 12.3 Å². The highest BCUT2D eigenvalue weighted by atomic mass is 16.3. The van der Waals surface area contributed by atoms with Crippen LogP contribution in [0.25, 0.3) is 5.65 Å². The van der Waals surface area contributed by atoms with Crippen molar-refractivity contribution >= 4 is 11.6 Å². The molecule has 6 heteroatoms. The summed E-state index contributed by atoms with van der Waals surface area (Å²) in [5.41, 5.74) is 1.07. The predicted octanol–water partition coefficient (Wildman–Crippen LogP) is 0.894. The molecule has 0 radical (unpaired) electrons. The third-order valence-electron chi connectivity index (χ3n) is 4.32. The van der Waals surface area contributed by atoms with Gasteiger partial charge >= 0.3 is 0 Å². The number of fused-ring (bicyclic) bond motifs is 1. The van der Waals surface area contributed by atoms with Crippen LogP contribution in [0.4, 0.5) is 0 Å². The quantitative estimate of drug-likeness (QED) is 0.882. The molecule has 2 unspecified atom stereocenters. The molecule has 116 valence electrons. The van der Waals surface area contributed by atoms with Crippen LogP contribution in [-0.2, 0) is 0 Å². The van der Waals surface area contributed by atoms with Gasteiger partial charge in [-0.3, -0.25) is 14.0 Å².